The topological polar surface area (TPSA) is 196 Å². The first-order valence-electron chi connectivity index (χ1n) is 10.0. The van der Waals surface area contributed by atoms with Crippen LogP contribution in [-0.4, -0.2) is 80.3 Å². The van der Waals surface area contributed by atoms with Crippen LogP contribution in [0.2, 0.25) is 0 Å². The van der Waals surface area contributed by atoms with Gasteiger partial charge < -0.3 is 44.7 Å². The molecule has 6 N–H and O–H groups in total. The number of hydrogen-bond donors (Lipinski definition) is 6. The summed E-state index contributed by atoms with van der Waals surface area (Å²) < 4.78 is 16.3. The molecule has 1 aliphatic heterocycles. The summed E-state index contributed by atoms with van der Waals surface area (Å²) in [6.07, 6.45) is -7.56. The Bertz CT molecular complexity index is 1100. The maximum absolute atomic E-state index is 12.2. The number of nitrogens with one attached hydrogen (secondary N) is 1. The Morgan fingerprint density at radius 1 is 1.30 bits per heavy atom. The van der Waals surface area contributed by atoms with Crippen LogP contribution in [0.25, 0.3) is 11.0 Å². The molecule has 12 nitrogen and oxygen atoms in total. The third-order valence-corrected chi connectivity index (χ3v) is 5.39. The van der Waals surface area contributed by atoms with E-state index in [1.165, 1.54) is 18.2 Å². The largest absolute Gasteiger partial charge is 0.476 e. The number of carboxylic acids is 1. The number of carbonyl (C=O) groups is 2. The van der Waals surface area contributed by atoms with Crippen LogP contribution in [0.15, 0.2) is 33.5 Å². The van der Waals surface area contributed by atoms with Gasteiger partial charge in [0.05, 0.1) is 25.2 Å². The van der Waals surface area contributed by atoms with Gasteiger partial charge in [-0.3, -0.25) is 4.79 Å². The lowest BCUT2D eigenvalue weighted by Crippen LogP contribution is -2.68. The lowest BCUT2D eigenvalue weighted by atomic mass is 9.88. The normalized spacial score (nSPS) is 27.0. The van der Waals surface area contributed by atoms with E-state index in [4.69, 9.17) is 13.9 Å². The van der Waals surface area contributed by atoms with Gasteiger partial charge in [0.25, 0.3) is 0 Å². The summed E-state index contributed by atoms with van der Waals surface area (Å²) >= 11 is 0. The Labute approximate surface area is 187 Å². The van der Waals surface area contributed by atoms with Crippen LogP contribution in [0.1, 0.15) is 18.9 Å². The highest BCUT2D eigenvalue weighted by atomic mass is 16.7. The number of aliphatic carboxylic acids is 1. The van der Waals surface area contributed by atoms with Crippen molar-refractivity contribution in [1.29, 1.82) is 0 Å². The molecule has 12 heteroatoms. The van der Waals surface area contributed by atoms with E-state index in [1.54, 1.807) is 13.0 Å². The molecule has 3 rings (SSSR count). The second kappa shape index (κ2) is 9.45. The number of rotatable bonds is 7. The van der Waals surface area contributed by atoms with E-state index in [1.807, 2.05) is 0 Å². The van der Waals surface area contributed by atoms with Gasteiger partial charge in [-0.05, 0) is 24.6 Å². The van der Waals surface area contributed by atoms with Crippen molar-refractivity contribution in [3.8, 4) is 5.75 Å². The number of carboxylic acid groups (broad SMARTS) is 1. The van der Waals surface area contributed by atoms with Gasteiger partial charge in [0.15, 0.2) is 0 Å². The van der Waals surface area contributed by atoms with Crippen molar-refractivity contribution < 1.29 is 49.0 Å². The first-order chi connectivity index (χ1) is 15.5. The molecule has 33 heavy (non-hydrogen) atoms. The van der Waals surface area contributed by atoms with E-state index >= 15 is 0 Å². The summed E-state index contributed by atoms with van der Waals surface area (Å²) in [6, 6.07) is 4.21. The number of hydrogen-bond acceptors (Lipinski definition) is 10. The van der Waals surface area contributed by atoms with Gasteiger partial charge in [-0.15, -0.1) is 0 Å². The van der Waals surface area contributed by atoms with Crippen molar-refractivity contribution in [2.45, 2.75) is 56.5 Å². The second-order valence-corrected chi connectivity index (χ2v) is 7.89. The minimum absolute atomic E-state index is 0.0835. The van der Waals surface area contributed by atoms with Crippen molar-refractivity contribution in [3.05, 3.63) is 40.2 Å². The van der Waals surface area contributed by atoms with Crippen molar-refractivity contribution in [1.82, 2.24) is 5.32 Å². The Morgan fingerprint density at radius 2 is 2.00 bits per heavy atom. The molecular formula is C21H25NO11. The Balaban J connectivity index is 2.01. The molecule has 1 unspecified atom stereocenters. The highest BCUT2D eigenvalue weighted by Gasteiger charge is 2.56. The minimum Gasteiger partial charge on any atom is -0.476 e. The number of aliphatic hydroxyl groups is 4. The average Bonchev–Trinajstić information content (AvgIpc) is 2.73. The zero-order chi connectivity index (χ0) is 24.5. The third kappa shape index (κ3) is 4.99. The van der Waals surface area contributed by atoms with Crippen molar-refractivity contribution in [3.63, 3.8) is 0 Å². The monoisotopic (exact) mass is 467 g/mol. The standard InChI is InChI=1S/C21H25NO11/c1-9-5-16(27)31-15-6-11(3-4-12(9)15)32-21(20(29)30)7-13(25)17(22-10(2)24)19(33-21)18(28)14(26)8-23/h3-6,13-14,17-19,23,25-26,28H,7-8H2,1-2H3,(H,22,24)(H,29,30)/t13-,14+,17+,18?,19+,21+/m0/s1. The van der Waals surface area contributed by atoms with Gasteiger partial charge in [0, 0.05) is 24.4 Å². The number of ether oxygens (including phenoxy) is 2. The third-order valence-electron chi connectivity index (χ3n) is 5.39. The van der Waals surface area contributed by atoms with E-state index in [0.717, 1.165) is 6.92 Å². The fourth-order valence-corrected chi connectivity index (χ4v) is 3.79. The summed E-state index contributed by atoms with van der Waals surface area (Å²) in [7, 11) is 0. The van der Waals surface area contributed by atoms with Crippen LogP contribution in [0.3, 0.4) is 0 Å². The lowest BCUT2D eigenvalue weighted by Gasteiger charge is -2.46. The Morgan fingerprint density at radius 3 is 2.61 bits per heavy atom. The molecule has 0 saturated carbocycles. The smallest absolute Gasteiger partial charge is 0.377 e. The number of benzene rings is 1. The zero-order valence-electron chi connectivity index (χ0n) is 17.8. The predicted octanol–water partition coefficient (Wildman–Crippen LogP) is -1.37. The van der Waals surface area contributed by atoms with Crippen LogP contribution >= 0.6 is 0 Å². The van der Waals surface area contributed by atoms with Crippen molar-refractivity contribution >= 4 is 22.8 Å². The molecule has 1 saturated heterocycles. The average molecular weight is 467 g/mol. The lowest BCUT2D eigenvalue weighted by molar-refractivity contribution is -0.284. The molecule has 180 valence electrons. The van der Waals surface area contributed by atoms with Crippen LogP contribution < -0.4 is 15.7 Å². The Hall–Kier alpha value is -3.03. The summed E-state index contributed by atoms with van der Waals surface area (Å²) in [4.78, 5) is 35.5. The molecule has 6 atom stereocenters. The van der Waals surface area contributed by atoms with Crippen LogP contribution in [0, 0.1) is 6.92 Å². The molecular weight excluding hydrogens is 442 g/mol. The molecule has 1 aliphatic rings. The Kier molecular flexibility index (Phi) is 7.05. The van der Waals surface area contributed by atoms with E-state index in [0.29, 0.717) is 10.9 Å². The van der Waals surface area contributed by atoms with Gasteiger partial charge in [-0.1, -0.05) is 0 Å². The highest BCUT2D eigenvalue weighted by molar-refractivity contribution is 5.82. The molecule has 0 radical (unpaired) electrons. The molecule has 0 aliphatic carbocycles. The van der Waals surface area contributed by atoms with Crippen LogP contribution in [0.5, 0.6) is 5.75 Å². The van der Waals surface area contributed by atoms with E-state index in [-0.39, 0.29) is 11.3 Å². The fourth-order valence-electron chi connectivity index (χ4n) is 3.79. The van der Waals surface area contributed by atoms with Crippen LogP contribution in [0.4, 0.5) is 0 Å². The first kappa shape index (κ1) is 24.6. The highest BCUT2D eigenvalue weighted by Crippen LogP contribution is 2.35. The number of aliphatic hydroxyl groups excluding tert-OH is 4. The van der Waals surface area contributed by atoms with E-state index in [9.17, 15) is 39.9 Å². The summed E-state index contributed by atoms with van der Waals surface area (Å²) in [5.74, 6) is -4.90. The predicted molar refractivity (Wildman–Crippen MR) is 110 cm³/mol. The summed E-state index contributed by atoms with van der Waals surface area (Å²) in [6.45, 7) is 1.94. The number of aryl methyl sites for hydroxylation is 1. The minimum atomic E-state index is -2.55. The molecule has 1 aromatic heterocycles. The molecule has 2 aromatic rings. The van der Waals surface area contributed by atoms with Gasteiger partial charge in [0.2, 0.25) is 5.91 Å². The number of carbonyl (C=O) groups excluding carboxylic acids is 1. The molecule has 0 bridgehead atoms. The van der Waals surface area contributed by atoms with Crippen molar-refractivity contribution in [2.24, 2.45) is 0 Å². The quantitative estimate of drug-likeness (QED) is 0.263. The van der Waals surface area contributed by atoms with Gasteiger partial charge in [0.1, 0.15) is 29.6 Å². The maximum atomic E-state index is 12.2. The first-order valence-corrected chi connectivity index (χ1v) is 10.0. The number of amides is 1. The molecule has 1 fully saturated rings. The van der Waals surface area contributed by atoms with Crippen molar-refractivity contribution in [2.75, 3.05) is 6.61 Å². The fraction of sp³-hybridized carbons (Fsp3) is 0.476. The summed E-state index contributed by atoms with van der Waals surface area (Å²) in [5.41, 5.74) is 0.135. The molecule has 2 heterocycles. The van der Waals surface area contributed by atoms with Gasteiger partial charge in [-0.25, -0.2) is 9.59 Å². The number of fused-ring (bicyclic) bond motifs is 1. The summed E-state index contributed by atoms with van der Waals surface area (Å²) in [5, 5.41) is 53.0. The van der Waals surface area contributed by atoms with Crippen LogP contribution in [-0.2, 0) is 14.3 Å². The van der Waals surface area contributed by atoms with E-state index < -0.39 is 66.8 Å². The zero-order valence-corrected chi connectivity index (χ0v) is 17.8. The SMILES string of the molecule is CC(=O)N[C@@H]1[C@@H](O)C[C@](Oc2ccc3c(C)cc(=O)oc3c2)(C(=O)O)O[C@H]1C(O)[C@H](O)CO. The van der Waals surface area contributed by atoms with Gasteiger partial charge in [-0.2, -0.15) is 0 Å². The maximum Gasteiger partial charge on any atom is 0.377 e. The molecule has 1 aromatic carbocycles. The second-order valence-electron chi connectivity index (χ2n) is 7.89. The van der Waals surface area contributed by atoms with Gasteiger partial charge >= 0.3 is 17.4 Å². The van der Waals surface area contributed by atoms with E-state index in [2.05, 4.69) is 5.32 Å². The molecule has 1 amide bonds. The molecule has 0 spiro atoms.